The van der Waals surface area contributed by atoms with E-state index < -0.39 is 23.0 Å². The molecule has 1 aromatic carbocycles. The van der Waals surface area contributed by atoms with Crippen molar-refractivity contribution in [1.82, 2.24) is 5.32 Å². The molecule has 0 bridgehead atoms. The van der Waals surface area contributed by atoms with Crippen LogP contribution < -0.4 is 11.1 Å². The van der Waals surface area contributed by atoms with E-state index in [4.69, 9.17) is 5.73 Å². The van der Waals surface area contributed by atoms with E-state index in [1.165, 1.54) is 19.1 Å². The number of rotatable bonds is 5. The van der Waals surface area contributed by atoms with Crippen LogP contribution in [0.5, 0.6) is 5.75 Å². The molecule has 0 radical (unpaired) electrons. The van der Waals surface area contributed by atoms with Crippen molar-refractivity contribution in [3.63, 3.8) is 0 Å². The monoisotopic (exact) mass is 282 g/mol. The zero-order valence-corrected chi connectivity index (χ0v) is 11.1. The zero-order chi connectivity index (χ0) is 14.4. The fourth-order valence-electron chi connectivity index (χ4n) is 1.32. The molecular weight excluding hydrogens is 268 g/mol. The molecule has 6 nitrogen and oxygen atoms in total. The summed E-state index contributed by atoms with van der Waals surface area (Å²) >= 11 is 0.808. The van der Waals surface area contributed by atoms with E-state index in [0.717, 1.165) is 11.8 Å². The van der Waals surface area contributed by atoms with Crippen molar-refractivity contribution in [3.05, 3.63) is 29.8 Å². The van der Waals surface area contributed by atoms with Gasteiger partial charge in [-0.25, -0.2) is 0 Å². The number of hydrogen-bond donors (Lipinski definition) is 3. The molecule has 0 aliphatic rings. The number of amides is 2. The van der Waals surface area contributed by atoms with Crippen molar-refractivity contribution in [2.75, 3.05) is 5.75 Å². The Balaban J connectivity index is 2.65. The molecule has 7 heteroatoms. The second kappa shape index (κ2) is 6.79. The van der Waals surface area contributed by atoms with Gasteiger partial charge in [0.2, 0.25) is 16.9 Å². The lowest BCUT2D eigenvalue weighted by atomic mass is 10.2. The van der Waals surface area contributed by atoms with Crippen molar-refractivity contribution in [3.8, 4) is 5.75 Å². The number of nitrogens with two attached hydrogens (primary N) is 1. The fourth-order valence-corrected chi connectivity index (χ4v) is 2.22. The molecule has 1 aromatic rings. The Hall–Kier alpha value is -2.02. The number of carbonyl (C=O) groups is 3. The van der Waals surface area contributed by atoms with Crippen LogP contribution in [0.3, 0.4) is 0 Å². The molecule has 0 aromatic heterocycles. The molecule has 102 valence electrons. The first-order valence-electron chi connectivity index (χ1n) is 5.43. The molecule has 1 rings (SSSR count). The highest BCUT2D eigenvalue weighted by molar-refractivity contribution is 8.14. The van der Waals surface area contributed by atoms with Gasteiger partial charge < -0.3 is 16.2 Å². The van der Waals surface area contributed by atoms with Gasteiger partial charge in [0, 0.05) is 12.7 Å². The lowest BCUT2D eigenvalue weighted by Gasteiger charge is -2.13. The SMILES string of the molecule is CC(=O)NC(CSC(=O)c1ccccc1O)C(N)=O. The van der Waals surface area contributed by atoms with E-state index in [2.05, 4.69) is 5.32 Å². The highest BCUT2D eigenvalue weighted by Crippen LogP contribution is 2.21. The van der Waals surface area contributed by atoms with Crippen LogP contribution in [-0.4, -0.2) is 33.8 Å². The summed E-state index contributed by atoms with van der Waals surface area (Å²) in [7, 11) is 0. The number of phenols is 1. The van der Waals surface area contributed by atoms with Crippen LogP contribution in [0.1, 0.15) is 17.3 Å². The summed E-state index contributed by atoms with van der Waals surface area (Å²) in [6.45, 7) is 1.26. The molecule has 0 aliphatic carbocycles. The molecule has 0 fully saturated rings. The van der Waals surface area contributed by atoms with E-state index >= 15 is 0 Å². The second-order valence-corrected chi connectivity index (χ2v) is 4.76. The molecule has 0 spiro atoms. The Labute approximate surface area is 114 Å². The van der Waals surface area contributed by atoms with Crippen molar-refractivity contribution in [1.29, 1.82) is 0 Å². The van der Waals surface area contributed by atoms with Crippen LogP contribution in [0.25, 0.3) is 0 Å². The number of nitrogens with one attached hydrogen (secondary N) is 1. The molecule has 19 heavy (non-hydrogen) atoms. The number of primary amides is 1. The van der Waals surface area contributed by atoms with Crippen LogP contribution in [-0.2, 0) is 9.59 Å². The Bertz CT molecular complexity index is 504. The minimum atomic E-state index is -0.919. The van der Waals surface area contributed by atoms with Gasteiger partial charge in [-0.15, -0.1) is 0 Å². The molecule has 0 saturated carbocycles. The van der Waals surface area contributed by atoms with Crippen molar-refractivity contribution >= 4 is 28.7 Å². The fraction of sp³-hybridized carbons (Fsp3) is 0.250. The van der Waals surface area contributed by atoms with E-state index in [9.17, 15) is 19.5 Å². The number of carbonyl (C=O) groups excluding carboxylic acids is 3. The van der Waals surface area contributed by atoms with Gasteiger partial charge in [-0.05, 0) is 12.1 Å². The third-order valence-electron chi connectivity index (χ3n) is 2.23. The smallest absolute Gasteiger partial charge is 0.240 e. The molecule has 4 N–H and O–H groups in total. The predicted octanol–water partition coefficient (Wildman–Crippen LogP) is 0.256. The minimum Gasteiger partial charge on any atom is -0.507 e. The van der Waals surface area contributed by atoms with E-state index in [1.54, 1.807) is 12.1 Å². The van der Waals surface area contributed by atoms with Gasteiger partial charge in [0.15, 0.2) is 0 Å². The summed E-state index contributed by atoms with van der Waals surface area (Å²) in [5.41, 5.74) is 5.26. The predicted molar refractivity (Wildman–Crippen MR) is 71.7 cm³/mol. The summed E-state index contributed by atoms with van der Waals surface area (Å²) in [6, 6.07) is 5.17. The lowest BCUT2D eigenvalue weighted by molar-refractivity contribution is -0.125. The average Bonchev–Trinajstić information content (AvgIpc) is 2.34. The highest BCUT2D eigenvalue weighted by atomic mass is 32.2. The number of aromatic hydroxyl groups is 1. The maximum absolute atomic E-state index is 11.8. The third kappa shape index (κ3) is 4.63. The number of para-hydroxylation sites is 1. The Morgan fingerprint density at radius 1 is 1.37 bits per heavy atom. The number of phenolic OH excluding ortho intramolecular Hbond substituents is 1. The summed E-state index contributed by atoms with van der Waals surface area (Å²) < 4.78 is 0. The normalized spacial score (nSPS) is 11.6. The molecule has 0 aliphatic heterocycles. The summed E-state index contributed by atoms with van der Waals surface area (Å²) in [5.74, 6) is -1.23. The summed E-state index contributed by atoms with van der Waals surface area (Å²) in [4.78, 5) is 33.8. The van der Waals surface area contributed by atoms with Gasteiger partial charge >= 0.3 is 0 Å². The average molecular weight is 282 g/mol. The highest BCUT2D eigenvalue weighted by Gasteiger charge is 2.19. The molecular formula is C12H14N2O4S. The largest absolute Gasteiger partial charge is 0.507 e. The van der Waals surface area contributed by atoms with Gasteiger partial charge in [-0.3, -0.25) is 14.4 Å². The quantitative estimate of drug-likeness (QED) is 0.717. The summed E-state index contributed by atoms with van der Waals surface area (Å²) in [5, 5.41) is 11.5. The van der Waals surface area contributed by atoms with E-state index in [1.807, 2.05) is 0 Å². The topological polar surface area (TPSA) is 109 Å². The van der Waals surface area contributed by atoms with E-state index in [0.29, 0.717) is 0 Å². The maximum Gasteiger partial charge on any atom is 0.240 e. The first-order chi connectivity index (χ1) is 8.91. The van der Waals surface area contributed by atoms with E-state index in [-0.39, 0.29) is 17.1 Å². The second-order valence-electron chi connectivity index (χ2n) is 3.77. The maximum atomic E-state index is 11.8. The number of benzene rings is 1. The van der Waals surface area contributed by atoms with Crippen LogP contribution in [0.2, 0.25) is 0 Å². The first-order valence-corrected chi connectivity index (χ1v) is 6.42. The molecule has 1 unspecified atom stereocenters. The Morgan fingerprint density at radius 3 is 2.53 bits per heavy atom. The number of hydrogen-bond acceptors (Lipinski definition) is 5. The van der Waals surface area contributed by atoms with Crippen molar-refractivity contribution in [2.45, 2.75) is 13.0 Å². The lowest BCUT2D eigenvalue weighted by Crippen LogP contribution is -2.45. The zero-order valence-electron chi connectivity index (χ0n) is 10.3. The van der Waals surface area contributed by atoms with Crippen LogP contribution in [0.15, 0.2) is 24.3 Å². The minimum absolute atomic E-state index is 0.0160. The van der Waals surface area contributed by atoms with Crippen LogP contribution in [0.4, 0.5) is 0 Å². The molecule has 2 amide bonds. The van der Waals surface area contributed by atoms with Crippen molar-refractivity contribution in [2.24, 2.45) is 5.73 Å². The Kier molecular flexibility index (Phi) is 5.37. The van der Waals surface area contributed by atoms with Gasteiger partial charge in [-0.1, -0.05) is 23.9 Å². The van der Waals surface area contributed by atoms with Crippen molar-refractivity contribution < 1.29 is 19.5 Å². The molecule has 1 atom stereocenters. The standard InChI is InChI=1S/C12H14N2O4S/c1-7(15)14-9(11(13)17)6-19-12(18)8-4-2-3-5-10(8)16/h2-5,9,16H,6H2,1H3,(H2,13,17)(H,14,15). The molecule has 0 heterocycles. The molecule has 0 saturated heterocycles. The van der Waals surface area contributed by atoms with Gasteiger partial charge in [-0.2, -0.15) is 0 Å². The summed E-state index contributed by atoms with van der Waals surface area (Å²) in [6.07, 6.45) is 0. The third-order valence-corrected chi connectivity index (χ3v) is 3.21. The first kappa shape index (κ1) is 15.0. The van der Waals surface area contributed by atoms with Gasteiger partial charge in [0.1, 0.15) is 11.8 Å². The van der Waals surface area contributed by atoms with Gasteiger partial charge in [0.05, 0.1) is 5.56 Å². The van der Waals surface area contributed by atoms with Crippen LogP contribution >= 0.6 is 11.8 Å². The number of thioether (sulfide) groups is 1. The Morgan fingerprint density at radius 2 is 2.00 bits per heavy atom. The van der Waals surface area contributed by atoms with Gasteiger partial charge in [0.25, 0.3) is 0 Å². The van der Waals surface area contributed by atoms with Crippen LogP contribution in [0, 0.1) is 0 Å².